The van der Waals surface area contributed by atoms with Gasteiger partial charge in [-0.1, -0.05) is 13.8 Å². The number of carbonyl (C=O) groups is 1. The van der Waals surface area contributed by atoms with E-state index in [-0.39, 0.29) is 5.97 Å². The molecule has 4 nitrogen and oxygen atoms in total. The van der Waals surface area contributed by atoms with Gasteiger partial charge in [0.15, 0.2) is 0 Å². The number of esters is 1. The molecule has 2 saturated carbocycles. The average Bonchev–Trinajstić information content (AvgIpc) is 2.98. The number of hydrogen-bond acceptors (Lipinski definition) is 4. The van der Waals surface area contributed by atoms with Gasteiger partial charge >= 0.3 is 5.97 Å². The number of nitrogens with one attached hydrogen (secondary N) is 1. The Morgan fingerprint density at radius 2 is 2.00 bits per heavy atom. The molecule has 1 heterocycles. The maximum absolute atomic E-state index is 12.3. The van der Waals surface area contributed by atoms with Gasteiger partial charge < -0.3 is 4.74 Å². The zero-order valence-corrected chi connectivity index (χ0v) is 13.1. The number of carbonyl (C=O) groups excluding carboxylic acids is 1. The molecule has 114 valence electrons. The van der Waals surface area contributed by atoms with Crippen LogP contribution in [0.2, 0.25) is 0 Å². The molecule has 4 heteroatoms. The molecule has 2 aliphatic carbocycles. The highest BCUT2D eigenvalue weighted by Gasteiger charge is 2.51. The van der Waals surface area contributed by atoms with E-state index in [0.717, 1.165) is 19.3 Å². The van der Waals surface area contributed by atoms with Crippen LogP contribution in [0.25, 0.3) is 0 Å². The summed E-state index contributed by atoms with van der Waals surface area (Å²) in [6, 6.07) is 1.09. The van der Waals surface area contributed by atoms with Gasteiger partial charge in [-0.15, -0.1) is 0 Å². The lowest BCUT2D eigenvalue weighted by Crippen LogP contribution is -2.52. The number of rotatable bonds is 4. The Balaban J connectivity index is 1.67. The summed E-state index contributed by atoms with van der Waals surface area (Å²) < 4.78 is 5.10. The van der Waals surface area contributed by atoms with Crippen LogP contribution < -0.4 is 5.32 Å². The number of nitrogens with zero attached hydrogens (tertiary/aromatic N) is 1. The summed E-state index contributed by atoms with van der Waals surface area (Å²) in [5.41, 5.74) is 0.0216. The van der Waals surface area contributed by atoms with Crippen LogP contribution in [0.1, 0.15) is 52.4 Å². The Bertz CT molecular complexity index is 392. The molecule has 0 bridgehead atoms. The first-order valence-corrected chi connectivity index (χ1v) is 8.04. The summed E-state index contributed by atoms with van der Waals surface area (Å²) in [6.07, 6.45) is 6.65. The third kappa shape index (κ3) is 2.73. The maximum Gasteiger partial charge on any atom is 0.326 e. The zero-order chi connectivity index (χ0) is 14.4. The molecular weight excluding hydrogens is 252 g/mol. The van der Waals surface area contributed by atoms with Gasteiger partial charge in [-0.3, -0.25) is 15.0 Å². The van der Waals surface area contributed by atoms with Crippen LogP contribution in [-0.2, 0) is 9.53 Å². The second-order valence-electron chi connectivity index (χ2n) is 7.77. The maximum atomic E-state index is 12.3. The quantitative estimate of drug-likeness (QED) is 0.799. The van der Waals surface area contributed by atoms with Gasteiger partial charge in [-0.25, -0.2) is 0 Å². The van der Waals surface area contributed by atoms with E-state index in [1.54, 1.807) is 0 Å². The molecule has 2 unspecified atom stereocenters. The van der Waals surface area contributed by atoms with Crippen molar-refractivity contribution in [3.63, 3.8) is 0 Å². The van der Waals surface area contributed by atoms with Crippen molar-refractivity contribution in [2.24, 2.45) is 5.41 Å². The lowest BCUT2D eigenvalue weighted by Gasteiger charge is -2.30. The summed E-state index contributed by atoms with van der Waals surface area (Å²) in [7, 11) is 1.52. The SMILES string of the molecule is COC(=O)C1(NC2CC2)CCC(N2CCC(C)(C)C2)C1. The van der Waals surface area contributed by atoms with E-state index in [4.69, 9.17) is 4.74 Å². The van der Waals surface area contributed by atoms with E-state index in [9.17, 15) is 4.79 Å². The van der Waals surface area contributed by atoms with E-state index >= 15 is 0 Å². The van der Waals surface area contributed by atoms with Gasteiger partial charge in [0.1, 0.15) is 5.54 Å². The Morgan fingerprint density at radius 1 is 1.25 bits per heavy atom. The monoisotopic (exact) mass is 280 g/mol. The minimum atomic E-state index is -0.409. The molecule has 20 heavy (non-hydrogen) atoms. The molecule has 1 aliphatic heterocycles. The fourth-order valence-electron chi connectivity index (χ4n) is 3.99. The number of ether oxygens (including phenoxy) is 1. The van der Waals surface area contributed by atoms with Gasteiger partial charge in [0.05, 0.1) is 7.11 Å². The van der Waals surface area contributed by atoms with Crippen LogP contribution in [0.5, 0.6) is 0 Å². The van der Waals surface area contributed by atoms with Crippen LogP contribution >= 0.6 is 0 Å². The van der Waals surface area contributed by atoms with Crippen LogP contribution in [0, 0.1) is 5.41 Å². The Labute approximate surface area is 122 Å². The summed E-state index contributed by atoms with van der Waals surface area (Å²) in [5.74, 6) is -0.0506. The molecule has 3 fully saturated rings. The van der Waals surface area contributed by atoms with Crippen molar-refractivity contribution in [1.29, 1.82) is 0 Å². The van der Waals surface area contributed by atoms with Crippen molar-refractivity contribution < 1.29 is 9.53 Å². The summed E-state index contributed by atoms with van der Waals surface area (Å²) in [4.78, 5) is 14.9. The fourth-order valence-corrected chi connectivity index (χ4v) is 3.99. The zero-order valence-electron chi connectivity index (χ0n) is 13.1. The molecule has 1 saturated heterocycles. The summed E-state index contributed by atoms with van der Waals surface area (Å²) in [5, 5.41) is 3.59. The predicted octanol–water partition coefficient (Wildman–Crippen LogP) is 1.93. The first-order chi connectivity index (χ1) is 9.44. The second-order valence-corrected chi connectivity index (χ2v) is 7.77. The van der Waals surface area contributed by atoms with Crippen molar-refractivity contribution in [1.82, 2.24) is 10.2 Å². The molecule has 0 radical (unpaired) electrons. The fraction of sp³-hybridized carbons (Fsp3) is 0.938. The summed E-state index contributed by atoms with van der Waals surface area (Å²) in [6.45, 7) is 7.03. The Morgan fingerprint density at radius 3 is 2.55 bits per heavy atom. The van der Waals surface area contributed by atoms with Crippen LogP contribution in [0.4, 0.5) is 0 Å². The lowest BCUT2D eigenvalue weighted by molar-refractivity contribution is -0.148. The smallest absolute Gasteiger partial charge is 0.326 e. The predicted molar refractivity (Wildman–Crippen MR) is 78.5 cm³/mol. The van der Waals surface area contributed by atoms with Crippen LogP contribution in [0.15, 0.2) is 0 Å². The largest absolute Gasteiger partial charge is 0.468 e. The average molecular weight is 280 g/mol. The minimum Gasteiger partial charge on any atom is -0.468 e. The molecule has 3 rings (SSSR count). The van der Waals surface area contributed by atoms with Crippen molar-refractivity contribution >= 4 is 5.97 Å². The van der Waals surface area contributed by atoms with Gasteiger partial charge in [0, 0.05) is 18.6 Å². The van der Waals surface area contributed by atoms with Gasteiger partial charge in [-0.05, 0) is 50.5 Å². The lowest BCUT2D eigenvalue weighted by atomic mass is 9.93. The third-order valence-electron chi connectivity index (χ3n) is 5.35. The molecule has 0 aromatic carbocycles. The highest BCUT2D eigenvalue weighted by atomic mass is 16.5. The molecule has 0 aromatic heterocycles. The highest BCUT2D eigenvalue weighted by Crippen LogP contribution is 2.40. The van der Waals surface area contributed by atoms with E-state index in [1.165, 1.54) is 39.5 Å². The van der Waals surface area contributed by atoms with E-state index in [0.29, 0.717) is 17.5 Å². The van der Waals surface area contributed by atoms with Crippen LogP contribution in [0.3, 0.4) is 0 Å². The first kappa shape index (κ1) is 14.3. The molecular formula is C16H28N2O2. The second kappa shape index (κ2) is 4.99. The minimum absolute atomic E-state index is 0.0506. The van der Waals surface area contributed by atoms with Gasteiger partial charge in [-0.2, -0.15) is 0 Å². The van der Waals surface area contributed by atoms with Crippen molar-refractivity contribution in [2.45, 2.75) is 70.0 Å². The first-order valence-electron chi connectivity index (χ1n) is 8.04. The van der Waals surface area contributed by atoms with Gasteiger partial charge in [0.2, 0.25) is 0 Å². The number of hydrogen-bond donors (Lipinski definition) is 1. The van der Waals surface area contributed by atoms with Crippen molar-refractivity contribution in [2.75, 3.05) is 20.2 Å². The van der Waals surface area contributed by atoms with Crippen molar-refractivity contribution in [3.8, 4) is 0 Å². The van der Waals surface area contributed by atoms with E-state index < -0.39 is 5.54 Å². The normalized spacial score (nSPS) is 37.2. The number of methoxy groups -OCH3 is 1. The Hall–Kier alpha value is -0.610. The van der Waals surface area contributed by atoms with Crippen molar-refractivity contribution in [3.05, 3.63) is 0 Å². The topological polar surface area (TPSA) is 41.6 Å². The molecule has 0 spiro atoms. The molecule has 0 amide bonds. The molecule has 2 atom stereocenters. The molecule has 1 N–H and O–H groups in total. The number of likely N-dealkylation sites (tertiary alicyclic amines) is 1. The summed E-state index contributed by atoms with van der Waals surface area (Å²) >= 11 is 0. The molecule has 3 aliphatic rings. The van der Waals surface area contributed by atoms with E-state index in [1.807, 2.05) is 0 Å². The highest BCUT2D eigenvalue weighted by molar-refractivity contribution is 5.81. The molecule has 0 aromatic rings. The Kier molecular flexibility index (Phi) is 3.57. The standard InChI is InChI=1S/C16H28N2O2/c1-15(2)8-9-18(11-15)13-6-7-16(10-13,14(19)20-3)17-12-4-5-12/h12-13,17H,4-11H2,1-3H3. The van der Waals surface area contributed by atoms with E-state index in [2.05, 4.69) is 24.1 Å². The van der Waals surface area contributed by atoms with Crippen LogP contribution in [-0.4, -0.2) is 48.7 Å². The van der Waals surface area contributed by atoms with Gasteiger partial charge in [0.25, 0.3) is 0 Å². The third-order valence-corrected chi connectivity index (χ3v) is 5.35.